The third kappa shape index (κ3) is 3.45. The number of nitrogen functional groups attached to an aromatic ring is 1. The van der Waals surface area contributed by atoms with Crippen molar-refractivity contribution in [1.82, 2.24) is 0 Å². The molecule has 0 unspecified atom stereocenters. The number of methoxy groups -OCH3 is 1. The number of ether oxygens (including phenoxy) is 1. The van der Waals surface area contributed by atoms with E-state index in [1.54, 1.807) is 24.3 Å². The van der Waals surface area contributed by atoms with Gasteiger partial charge in [0.15, 0.2) is 0 Å². The molecule has 0 saturated carbocycles. The molecule has 21 heavy (non-hydrogen) atoms. The Morgan fingerprint density at radius 1 is 1.19 bits per heavy atom. The van der Waals surface area contributed by atoms with Crippen molar-refractivity contribution in [3.63, 3.8) is 0 Å². The SMILES string of the molecule is COc1ccc(S(=O)(=O)Nc2ccc(CO)cc2)c(N)c1. The zero-order chi connectivity index (χ0) is 15.5. The fourth-order valence-electron chi connectivity index (χ4n) is 1.79. The van der Waals surface area contributed by atoms with Crippen molar-refractivity contribution in [3.05, 3.63) is 48.0 Å². The predicted molar refractivity (Wildman–Crippen MR) is 80.6 cm³/mol. The fraction of sp³-hybridized carbons (Fsp3) is 0.143. The Morgan fingerprint density at radius 2 is 1.86 bits per heavy atom. The van der Waals surface area contributed by atoms with Crippen LogP contribution in [-0.4, -0.2) is 20.6 Å². The number of sulfonamides is 1. The number of aliphatic hydroxyl groups is 1. The second-order valence-corrected chi connectivity index (χ2v) is 6.02. The first kappa shape index (κ1) is 15.1. The number of nitrogens with one attached hydrogen (secondary N) is 1. The van der Waals surface area contributed by atoms with Crippen LogP contribution in [0.1, 0.15) is 5.56 Å². The average molecular weight is 308 g/mol. The van der Waals surface area contributed by atoms with Gasteiger partial charge in [0.1, 0.15) is 10.6 Å². The first-order valence-electron chi connectivity index (χ1n) is 6.12. The van der Waals surface area contributed by atoms with Crippen LogP contribution in [0.4, 0.5) is 11.4 Å². The summed E-state index contributed by atoms with van der Waals surface area (Å²) >= 11 is 0. The minimum absolute atomic E-state index is 0.0189. The molecular weight excluding hydrogens is 292 g/mol. The quantitative estimate of drug-likeness (QED) is 0.728. The highest BCUT2D eigenvalue weighted by Crippen LogP contribution is 2.25. The zero-order valence-corrected chi connectivity index (χ0v) is 12.2. The highest BCUT2D eigenvalue weighted by Gasteiger charge is 2.18. The average Bonchev–Trinajstić information content (AvgIpc) is 2.47. The Kier molecular flexibility index (Phi) is 4.35. The van der Waals surface area contributed by atoms with Gasteiger partial charge in [-0.25, -0.2) is 8.42 Å². The van der Waals surface area contributed by atoms with Crippen LogP contribution in [0.25, 0.3) is 0 Å². The van der Waals surface area contributed by atoms with Gasteiger partial charge in [-0.05, 0) is 29.8 Å². The summed E-state index contributed by atoms with van der Waals surface area (Å²) in [5, 5.41) is 8.96. The van der Waals surface area contributed by atoms with E-state index in [-0.39, 0.29) is 17.2 Å². The van der Waals surface area contributed by atoms with Gasteiger partial charge in [0.25, 0.3) is 10.0 Å². The number of aliphatic hydroxyl groups excluding tert-OH is 1. The van der Waals surface area contributed by atoms with Crippen molar-refractivity contribution >= 4 is 21.4 Å². The van der Waals surface area contributed by atoms with Crippen LogP contribution in [0.3, 0.4) is 0 Å². The van der Waals surface area contributed by atoms with E-state index in [9.17, 15) is 8.42 Å². The standard InChI is InChI=1S/C14H16N2O4S/c1-20-12-6-7-14(13(15)8-12)21(18,19)16-11-4-2-10(9-17)3-5-11/h2-8,16-17H,9,15H2,1H3. The third-order valence-corrected chi connectivity index (χ3v) is 4.35. The summed E-state index contributed by atoms with van der Waals surface area (Å²) in [7, 11) is -2.31. The summed E-state index contributed by atoms with van der Waals surface area (Å²) in [6, 6.07) is 10.8. The smallest absolute Gasteiger partial charge is 0.263 e. The number of hydrogen-bond donors (Lipinski definition) is 3. The topological polar surface area (TPSA) is 102 Å². The third-order valence-electron chi connectivity index (χ3n) is 2.90. The molecule has 7 heteroatoms. The molecule has 112 valence electrons. The minimum atomic E-state index is -3.78. The van der Waals surface area contributed by atoms with Gasteiger partial charge in [0.05, 0.1) is 19.4 Å². The maximum absolute atomic E-state index is 12.3. The molecule has 6 nitrogen and oxygen atoms in total. The summed E-state index contributed by atoms with van der Waals surface area (Å²) in [5.74, 6) is 0.485. The van der Waals surface area contributed by atoms with E-state index in [1.807, 2.05) is 0 Å². The molecule has 4 N–H and O–H groups in total. The van der Waals surface area contributed by atoms with Crippen molar-refractivity contribution in [2.45, 2.75) is 11.5 Å². The summed E-state index contributed by atoms with van der Waals surface area (Å²) in [5.41, 5.74) is 6.94. The zero-order valence-electron chi connectivity index (χ0n) is 11.4. The summed E-state index contributed by atoms with van der Waals surface area (Å²) in [6.45, 7) is -0.0988. The first-order valence-corrected chi connectivity index (χ1v) is 7.60. The molecule has 0 fully saturated rings. The Labute approximate surface area is 123 Å². The highest BCUT2D eigenvalue weighted by molar-refractivity contribution is 7.92. The minimum Gasteiger partial charge on any atom is -0.497 e. The van der Waals surface area contributed by atoms with E-state index >= 15 is 0 Å². The molecule has 0 amide bonds. The van der Waals surface area contributed by atoms with Gasteiger partial charge in [-0.15, -0.1) is 0 Å². The molecule has 0 atom stereocenters. The molecule has 0 radical (unpaired) electrons. The van der Waals surface area contributed by atoms with E-state index in [4.69, 9.17) is 15.6 Å². The second-order valence-electron chi connectivity index (χ2n) is 4.36. The molecule has 2 aromatic carbocycles. The van der Waals surface area contributed by atoms with Crippen LogP contribution in [0.5, 0.6) is 5.75 Å². The van der Waals surface area contributed by atoms with E-state index < -0.39 is 10.0 Å². The van der Waals surface area contributed by atoms with E-state index in [0.29, 0.717) is 17.0 Å². The molecule has 0 aliphatic carbocycles. The second kappa shape index (κ2) is 6.02. The largest absolute Gasteiger partial charge is 0.497 e. The summed E-state index contributed by atoms with van der Waals surface area (Å²) in [6.07, 6.45) is 0. The maximum atomic E-state index is 12.3. The lowest BCUT2D eigenvalue weighted by molar-refractivity contribution is 0.282. The highest BCUT2D eigenvalue weighted by atomic mass is 32.2. The lowest BCUT2D eigenvalue weighted by Gasteiger charge is -2.11. The molecule has 0 aliphatic rings. The van der Waals surface area contributed by atoms with Gasteiger partial charge in [0.2, 0.25) is 0 Å². The van der Waals surface area contributed by atoms with E-state index in [0.717, 1.165) is 0 Å². The molecule has 2 rings (SSSR count). The number of nitrogens with two attached hydrogens (primary N) is 1. The van der Waals surface area contributed by atoms with Gasteiger partial charge in [0, 0.05) is 11.8 Å². The van der Waals surface area contributed by atoms with Crippen LogP contribution in [-0.2, 0) is 16.6 Å². The first-order chi connectivity index (χ1) is 9.96. The number of hydrogen-bond acceptors (Lipinski definition) is 5. The molecule has 0 saturated heterocycles. The summed E-state index contributed by atoms with van der Waals surface area (Å²) in [4.78, 5) is -0.0189. The van der Waals surface area contributed by atoms with Crippen molar-refractivity contribution in [3.8, 4) is 5.75 Å². The van der Waals surface area contributed by atoms with Crippen LogP contribution < -0.4 is 15.2 Å². The lowest BCUT2D eigenvalue weighted by Crippen LogP contribution is -2.14. The molecule has 0 heterocycles. The Balaban J connectivity index is 2.29. The van der Waals surface area contributed by atoms with E-state index in [1.165, 1.54) is 25.3 Å². The van der Waals surface area contributed by atoms with Crippen molar-refractivity contribution in [1.29, 1.82) is 0 Å². The van der Waals surface area contributed by atoms with Crippen LogP contribution in [0, 0.1) is 0 Å². The van der Waals surface area contributed by atoms with Crippen LogP contribution in [0.15, 0.2) is 47.4 Å². The molecule has 0 bridgehead atoms. The molecular formula is C14H16N2O4S. The predicted octanol–water partition coefficient (Wildman–Crippen LogP) is 1.57. The Morgan fingerprint density at radius 3 is 2.38 bits per heavy atom. The van der Waals surface area contributed by atoms with Crippen LogP contribution >= 0.6 is 0 Å². The molecule has 0 aromatic heterocycles. The number of anilines is 2. The van der Waals surface area contributed by atoms with Crippen molar-refractivity contribution in [2.75, 3.05) is 17.6 Å². The molecule has 2 aromatic rings. The Bertz CT molecular complexity index is 727. The molecule has 0 spiro atoms. The molecule has 0 aliphatic heterocycles. The fourth-order valence-corrected chi connectivity index (χ4v) is 2.96. The van der Waals surface area contributed by atoms with Gasteiger partial charge in [-0.2, -0.15) is 0 Å². The lowest BCUT2D eigenvalue weighted by atomic mass is 10.2. The monoisotopic (exact) mass is 308 g/mol. The Hall–Kier alpha value is -2.25. The van der Waals surface area contributed by atoms with Gasteiger partial charge in [-0.1, -0.05) is 12.1 Å². The normalized spacial score (nSPS) is 11.1. The maximum Gasteiger partial charge on any atom is 0.263 e. The number of rotatable bonds is 5. The van der Waals surface area contributed by atoms with Crippen LogP contribution in [0.2, 0.25) is 0 Å². The van der Waals surface area contributed by atoms with Gasteiger partial charge >= 0.3 is 0 Å². The van der Waals surface area contributed by atoms with Crippen molar-refractivity contribution in [2.24, 2.45) is 0 Å². The number of benzene rings is 2. The van der Waals surface area contributed by atoms with Gasteiger partial charge < -0.3 is 15.6 Å². The van der Waals surface area contributed by atoms with Crippen molar-refractivity contribution < 1.29 is 18.3 Å². The summed E-state index contributed by atoms with van der Waals surface area (Å²) < 4.78 is 32.0. The van der Waals surface area contributed by atoms with E-state index in [2.05, 4.69) is 4.72 Å². The van der Waals surface area contributed by atoms with Gasteiger partial charge in [-0.3, -0.25) is 4.72 Å².